The maximum absolute atomic E-state index is 12.2. The summed E-state index contributed by atoms with van der Waals surface area (Å²) in [5.74, 6) is 1.47. The van der Waals surface area contributed by atoms with Gasteiger partial charge in [-0.1, -0.05) is 0 Å². The zero-order valence-corrected chi connectivity index (χ0v) is 11.0. The molecule has 1 aromatic heterocycles. The normalized spacial score (nSPS) is 22.8. The standard InChI is InChI=1S/C13H20N4O2/c18-9-11-2-1-7-16(11)13(19)15-12-5-6-14-17(12)8-10-3-4-10/h5-6,10-11,18H,1-4,7-9H2,(H,15,19)/t11-/m1/s1. The highest BCUT2D eigenvalue weighted by atomic mass is 16.3. The minimum Gasteiger partial charge on any atom is -0.394 e. The molecule has 0 aromatic carbocycles. The van der Waals surface area contributed by atoms with E-state index in [0.717, 1.165) is 25.2 Å². The number of nitrogens with one attached hydrogen (secondary N) is 1. The van der Waals surface area contributed by atoms with Gasteiger partial charge in [-0.3, -0.25) is 5.32 Å². The summed E-state index contributed by atoms with van der Waals surface area (Å²) in [6.07, 6.45) is 6.06. The van der Waals surface area contributed by atoms with Gasteiger partial charge in [0.25, 0.3) is 0 Å². The Morgan fingerprint density at radius 2 is 2.32 bits per heavy atom. The zero-order valence-electron chi connectivity index (χ0n) is 11.0. The summed E-state index contributed by atoms with van der Waals surface area (Å²) < 4.78 is 1.86. The molecule has 0 bridgehead atoms. The van der Waals surface area contributed by atoms with Gasteiger partial charge in [-0.05, 0) is 31.6 Å². The number of aromatic nitrogens is 2. The fourth-order valence-electron chi connectivity index (χ4n) is 2.60. The molecule has 2 amide bonds. The van der Waals surface area contributed by atoms with E-state index in [1.165, 1.54) is 12.8 Å². The number of amides is 2. The van der Waals surface area contributed by atoms with Crippen LogP contribution in [0.3, 0.4) is 0 Å². The van der Waals surface area contributed by atoms with Gasteiger partial charge >= 0.3 is 6.03 Å². The number of carbonyl (C=O) groups excluding carboxylic acids is 1. The molecule has 2 heterocycles. The van der Waals surface area contributed by atoms with Crippen molar-refractivity contribution in [1.82, 2.24) is 14.7 Å². The largest absolute Gasteiger partial charge is 0.394 e. The highest BCUT2D eigenvalue weighted by molar-refractivity contribution is 5.88. The monoisotopic (exact) mass is 264 g/mol. The molecule has 2 N–H and O–H groups in total. The van der Waals surface area contributed by atoms with E-state index >= 15 is 0 Å². The molecule has 1 atom stereocenters. The molecule has 6 nitrogen and oxygen atoms in total. The first-order valence-electron chi connectivity index (χ1n) is 6.98. The van der Waals surface area contributed by atoms with Gasteiger partial charge in [0.05, 0.1) is 18.8 Å². The van der Waals surface area contributed by atoms with Crippen molar-refractivity contribution in [1.29, 1.82) is 0 Å². The van der Waals surface area contributed by atoms with Gasteiger partial charge in [0.15, 0.2) is 0 Å². The SMILES string of the molecule is O=C(Nc1ccnn1CC1CC1)N1CCC[C@@H]1CO. The molecule has 0 radical (unpaired) electrons. The number of aliphatic hydroxyl groups excluding tert-OH is 1. The third-order valence-electron chi connectivity index (χ3n) is 3.93. The fraction of sp³-hybridized carbons (Fsp3) is 0.692. The van der Waals surface area contributed by atoms with Crippen molar-refractivity contribution in [3.8, 4) is 0 Å². The summed E-state index contributed by atoms with van der Waals surface area (Å²) in [4.78, 5) is 13.9. The van der Waals surface area contributed by atoms with Crippen LogP contribution in [0.25, 0.3) is 0 Å². The lowest BCUT2D eigenvalue weighted by Gasteiger charge is -2.23. The second kappa shape index (κ2) is 5.21. The molecule has 0 spiro atoms. The highest BCUT2D eigenvalue weighted by Gasteiger charge is 2.29. The van der Waals surface area contributed by atoms with Crippen molar-refractivity contribution in [3.05, 3.63) is 12.3 Å². The van der Waals surface area contributed by atoms with Crippen LogP contribution in [-0.2, 0) is 6.54 Å². The van der Waals surface area contributed by atoms with Crippen LogP contribution in [0.15, 0.2) is 12.3 Å². The van der Waals surface area contributed by atoms with E-state index in [9.17, 15) is 9.90 Å². The Morgan fingerprint density at radius 1 is 1.47 bits per heavy atom. The van der Waals surface area contributed by atoms with Crippen LogP contribution in [0.1, 0.15) is 25.7 Å². The number of likely N-dealkylation sites (tertiary alicyclic amines) is 1. The topological polar surface area (TPSA) is 70.4 Å². The summed E-state index contributed by atoms with van der Waals surface area (Å²) in [5, 5.41) is 16.4. The van der Waals surface area contributed by atoms with Crippen LogP contribution in [0.2, 0.25) is 0 Å². The van der Waals surface area contributed by atoms with Crippen molar-refractivity contribution in [2.75, 3.05) is 18.5 Å². The van der Waals surface area contributed by atoms with Crippen LogP contribution >= 0.6 is 0 Å². The van der Waals surface area contributed by atoms with Gasteiger partial charge in [0, 0.05) is 19.2 Å². The van der Waals surface area contributed by atoms with Crippen LogP contribution in [-0.4, -0.2) is 45.0 Å². The number of aliphatic hydroxyl groups is 1. The molecule has 2 aliphatic rings. The van der Waals surface area contributed by atoms with E-state index in [1.807, 2.05) is 10.7 Å². The number of rotatable bonds is 4. The predicted octanol–water partition coefficient (Wildman–Crippen LogP) is 1.28. The maximum atomic E-state index is 12.2. The lowest BCUT2D eigenvalue weighted by atomic mass is 10.2. The Bertz CT molecular complexity index is 455. The molecule has 0 unspecified atom stereocenters. The fourth-order valence-corrected chi connectivity index (χ4v) is 2.60. The molecule has 1 aliphatic heterocycles. The summed E-state index contributed by atoms with van der Waals surface area (Å²) >= 11 is 0. The van der Waals surface area contributed by atoms with Crippen molar-refractivity contribution >= 4 is 11.8 Å². The Morgan fingerprint density at radius 3 is 3.05 bits per heavy atom. The second-order valence-corrected chi connectivity index (χ2v) is 5.44. The van der Waals surface area contributed by atoms with Crippen LogP contribution < -0.4 is 5.32 Å². The summed E-state index contributed by atoms with van der Waals surface area (Å²) in [7, 11) is 0. The molecule has 1 aliphatic carbocycles. The average Bonchev–Trinajstić information content (AvgIpc) is 2.91. The first kappa shape index (κ1) is 12.5. The molecule has 1 saturated carbocycles. The number of anilines is 1. The van der Waals surface area contributed by atoms with Crippen molar-refractivity contribution in [3.63, 3.8) is 0 Å². The summed E-state index contributed by atoms with van der Waals surface area (Å²) in [6, 6.07) is 1.65. The molecule has 1 saturated heterocycles. The minimum atomic E-state index is -0.130. The van der Waals surface area contributed by atoms with E-state index in [4.69, 9.17) is 0 Å². The second-order valence-electron chi connectivity index (χ2n) is 5.44. The molecule has 2 fully saturated rings. The molecule has 1 aromatic rings. The third-order valence-corrected chi connectivity index (χ3v) is 3.93. The smallest absolute Gasteiger partial charge is 0.323 e. The van der Waals surface area contributed by atoms with E-state index in [0.29, 0.717) is 12.5 Å². The van der Waals surface area contributed by atoms with Crippen molar-refractivity contribution < 1.29 is 9.90 Å². The van der Waals surface area contributed by atoms with Gasteiger partial charge in [-0.25, -0.2) is 9.48 Å². The van der Waals surface area contributed by atoms with Gasteiger partial charge < -0.3 is 10.0 Å². The molecule has 104 valence electrons. The highest BCUT2D eigenvalue weighted by Crippen LogP contribution is 2.31. The lowest BCUT2D eigenvalue weighted by Crippen LogP contribution is -2.40. The Kier molecular flexibility index (Phi) is 3.42. The maximum Gasteiger partial charge on any atom is 0.323 e. The number of hydrogen-bond donors (Lipinski definition) is 2. The Labute approximate surface area is 112 Å². The molecule has 19 heavy (non-hydrogen) atoms. The average molecular weight is 264 g/mol. The molecule has 6 heteroatoms. The molecular formula is C13H20N4O2. The predicted molar refractivity (Wildman–Crippen MR) is 70.8 cm³/mol. The lowest BCUT2D eigenvalue weighted by molar-refractivity contribution is 0.166. The van der Waals surface area contributed by atoms with Gasteiger partial charge in [-0.15, -0.1) is 0 Å². The number of nitrogens with zero attached hydrogens (tertiary/aromatic N) is 3. The molecular weight excluding hydrogens is 244 g/mol. The summed E-state index contributed by atoms with van der Waals surface area (Å²) in [5.41, 5.74) is 0. The van der Waals surface area contributed by atoms with E-state index in [1.54, 1.807) is 11.1 Å². The van der Waals surface area contributed by atoms with Crippen LogP contribution in [0, 0.1) is 5.92 Å². The van der Waals surface area contributed by atoms with Crippen molar-refractivity contribution in [2.45, 2.75) is 38.3 Å². The first-order valence-corrected chi connectivity index (χ1v) is 6.98. The third kappa shape index (κ3) is 2.73. The number of hydrogen-bond acceptors (Lipinski definition) is 3. The zero-order chi connectivity index (χ0) is 13.2. The molecule has 3 rings (SSSR count). The van der Waals surface area contributed by atoms with Crippen LogP contribution in [0.5, 0.6) is 0 Å². The van der Waals surface area contributed by atoms with Crippen LogP contribution in [0.4, 0.5) is 10.6 Å². The van der Waals surface area contributed by atoms with E-state index in [-0.39, 0.29) is 18.7 Å². The Hall–Kier alpha value is -1.56. The van der Waals surface area contributed by atoms with Gasteiger partial charge in [0.2, 0.25) is 0 Å². The number of carbonyl (C=O) groups is 1. The van der Waals surface area contributed by atoms with Crippen molar-refractivity contribution in [2.24, 2.45) is 5.92 Å². The van der Waals surface area contributed by atoms with Gasteiger partial charge in [0.1, 0.15) is 5.82 Å². The van der Waals surface area contributed by atoms with E-state index < -0.39 is 0 Å². The van der Waals surface area contributed by atoms with E-state index in [2.05, 4.69) is 10.4 Å². The first-order chi connectivity index (χ1) is 9.28. The number of urea groups is 1. The Balaban J connectivity index is 1.63. The quantitative estimate of drug-likeness (QED) is 0.860. The van der Waals surface area contributed by atoms with Gasteiger partial charge in [-0.2, -0.15) is 5.10 Å². The minimum absolute atomic E-state index is 0.0365. The summed E-state index contributed by atoms with van der Waals surface area (Å²) in [6.45, 7) is 1.63.